The van der Waals surface area contributed by atoms with Gasteiger partial charge in [0.05, 0.1) is 0 Å². The first kappa shape index (κ1) is 16.0. The van der Waals surface area contributed by atoms with Crippen LogP contribution in [0.4, 0.5) is 0 Å². The van der Waals surface area contributed by atoms with E-state index in [9.17, 15) is 0 Å². The molecule has 0 spiro atoms. The predicted octanol–water partition coefficient (Wildman–Crippen LogP) is -3.78. The normalized spacial score (nSPS) is 3.60. The van der Waals surface area contributed by atoms with Crippen molar-refractivity contribution in [3.05, 3.63) is 0 Å². The van der Waals surface area contributed by atoms with Crippen LogP contribution in [0, 0.1) is 0 Å². The van der Waals surface area contributed by atoms with Gasteiger partial charge in [-0.15, -0.1) is 0 Å². The van der Waals surface area contributed by atoms with E-state index in [4.69, 9.17) is 0 Å². The van der Waals surface area contributed by atoms with Crippen LogP contribution in [0.3, 0.4) is 0 Å². The first-order chi connectivity index (χ1) is 1.41. The number of hydrogen-bond donors (Lipinski definition) is 0. The van der Waals surface area contributed by atoms with Gasteiger partial charge < -0.3 is 0 Å². The quantitative estimate of drug-likeness (QED) is 0.241. The number of hydrogen-bond acceptors (Lipinski definition) is 0. The van der Waals surface area contributed by atoms with E-state index in [1.54, 1.807) is 0 Å². The topological polar surface area (TPSA) is 0 Å². The molecule has 3 radical (unpaired) electrons. The summed E-state index contributed by atoms with van der Waals surface area (Å²) in [4.78, 5) is 0. The molecule has 0 N–H and O–H groups in total. The van der Waals surface area contributed by atoms with E-state index >= 15 is 0 Å². The minimum atomic E-state index is 0. The van der Waals surface area contributed by atoms with Crippen LogP contribution in [-0.4, -0.2) is 98.9 Å². The standard InChI is InChI=1S/2Sb.HTe3.6H/c;;1-3-2;;;;;;/h;;1H;;;;;;/q;;+2;;;;;;. The van der Waals surface area contributed by atoms with Crippen LogP contribution in [0.1, 0.15) is 0 Å². The van der Waals surface area contributed by atoms with Crippen molar-refractivity contribution in [3.63, 3.8) is 0 Å². The van der Waals surface area contributed by atoms with Crippen LogP contribution in [0.25, 0.3) is 0 Å². The zero-order valence-electron chi connectivity index (χ0n) is 2.68. The molecule has 0 aliphatic carbocycles. The first-order valence-electron chi connectivity index (χ1n) is 0.349. The fraction of sp³-hybridized carbons (Fsp3) is 0. The van der Waals surface area contributed by atoms with Gasteiger partial charge in [0.2, 0.25) is 0 Å². The molecule has 0 aromatic heterocycles. The molecular formula is H7Sb2Te3+2. The molecule has 0 heterocycles. The van der Waals surface area contributed by atoms with Crippen LogP contribution in [0.2, 0.25) is 0 Å². The molecule has 0 bridgehead atoms. The third-order valence-electron chi connectivity index (χ3n) is 0. The molecule has 0 rings (SSSR count). The second kappa shape index (κ2) is 15.7. The fourth-order valence-corrected chi connectivity index (χ4v) is 0. The van der Waals surface area contributed by atoms with E-state index in [0.29, 0.717) is 13.2 Å². The molecule has 0 fully saturated rings. The summed E-state index contributed by atoms with van der Waals surface area (Å²) in [6.07, 6.45) is 0. The maximum absolute atomic E-state index is 2.22. The Morgan fingerprint density at radius 2 is 1.40 bits per heavy atom. The van der Waals surface area contributed by atoms with Crippen molar-refractivity contribution < 1.29 is 0 Å². The zero-order valence-corrected chi connectivity index (χ0v) is 18.0. The Kier molecular flexibility index (Phi) is 50.2. The van der Waals surface area contributed by atoms with Gasteiger partial charge in [-0.05, 0) is 0 Å². The Bertz CT molecular complexity index is 4.85. The monoisotopic (exact) mass is 639 g/mol. The Balaban J connectivity index is -0.0000000200. The molecule has 5 heteroatoms. The molecule has 0 aromatic rings. The van der Waals surface area contributed by atoms with Crippen LogP contribution < -0.4 is 0 Å². The van der Waals surface area contributed by atoms with Gasteiger partial charge in [-0.25, -0.2) is 0 Å². The van der Waals surface area contributed by atoms with Gasteiger partial charge in [0.15, 0.2) is 0 Å². The summed E-state index contributed by atoms with van der Waals surface area (Å²) in [5, 5.41) is 0. The fourth-order valence-electron chi connectivity index (χ4n) is 0. The Hall–Kier alpha value is 4.01. The van der Waals surface area contributed by atoms with E-state index in [2.05, 4.69) is 18.4 Å². The van der Waals surface area contributed by atoms with Crippen LogP contribution >= 0.6 is 0 Å². The first-order valence-corrected chi connectivity index (χ1v) is 15.7. The van der Waals surface area contributed by atoms with E-state index < -0.39 is 0 Å². The van der Waals surface area contributed by atoms with Crippen molar-refractivity contribution in [2.45, 2.75) is 0 Å². The van der Waals surface area contributed by atoms with Gasteiger partial charge in [-0.1, -0.05) is 0 Å². The van der Waals surface area contributed by atoms with Crippen LogP contribution in [-0.2, 0) is 0 Å². The van der Waals surface area contributed by atoms with Gasteiger partial charge in [0.1, 0.15) is 0 Å². The van der Waals surface area contributed by atoms with Crippen molar-refractivity contribution in [1.29, 1.82) is 0 Å². The molecular weight excluding hydrogens is 626 g/mol. The average molecular weight is 633 g/mol. The second-order valence-corrected chi connectivity index (χ2v) is 22.5. The SMILES string of the molecule is [SbH3].[SbH3].[Te][Te+][TeH+]. The van der Waals surface area contributed by atoms with E-state index in [1.165, 1.54) is 0 Å². The van der Waals surface area contributed by atoms with Crippen molar-refractivity contribution in [3.8, 4) is 0 Å². The molecule has 0 saturated carbocycles. The summed E-state index contributed by atoms with van der Waals surface area (Å²) in [6.45, 7) is 0. The number of rotatable bonds is 0. The van der Waals surface area contributed by atoms with Crippen molar-refractivity contribution >= 4 is 98.9 Å². The van der Waals surface area contributed by atoms with Gasteiger partial charge in [-0.3, -0.25) is 0 Å². The van der Waals surface area contributed by atoms with Crippen molar-refractivity contribution in [2.75, 3.05) is 0 Å². The zero-order chi connectivity index (χ0) is 2.71. The molecule has 0 amide bonds. The molecule has 0 atom stereocenters. The van der Waals surface area contributed by atoms with E-state index in [0.717, 1.165) is 0 Å². The van der Waals surface area contributed by atoms with Gasteiger partial charge in [0.25, 0.3) is 0 Å². The Labute approximate surface area is 96.1 Å². The summed E-state index contributed by atoms with van der Waals surface area (Å²) in [5.74, 6) is 0. The molecule has 0 aliphatic heterocycles. The minimum absolute atomic E-state index is 0. The Morgan fingerprint density at radius 1 is 1.40 bits per heavy atom. The van der Waals surface area contributed by atoms with Gasteiger partial charge >= 0.3 is 98.9 Å². The van der Waals surface area contributed by atoms with Gasteiger partial charge in [0, 0.05) is 0 Å². The summed E-state index contributed by atoms with van der Waals surface area (Å²) >= 11 is 4.74. The predicted molar refractivity (Wildman–Crippen MR) is 38.5 cm³/mol. The third-order valence-corrected chi connectivity index (χ3v) is 0. The molecule has 0 aliphatic rings. The van der Waals surface area contributed by atoms with Gasteiger partial charge in [-0.2, -0.15) is 0 Å². The molecule has 33 valence electrons. The summed E-state index contributed by atoms with van der Waals surface area (Å²) in [7, 11) is 0. The molecule has 0 nitrogen and oxygen atoms in total. The third kappa shape index (κ3) is 18.0. The maximum atomic E-state index is 2.22. The molecule has 5 heavy (non-hydrogen) atoms. The van der Waals surface area contributed by atoms with Crippen LogP contribution in [0.15, 0.2) is 0 Å². The molecule has 0 saturated heterocycles. The Morgan fingerprint density at radius 3 is 1.40 bits per heavy atom. The molecule has 0 aromatic carbocycles. The van der Waals surface area contributed by atoms with E-state index in [1.807, 2.05) is 18.4 Å². The van der Waals surface area contributed by atoms with Crippen molar-refractivity contribution in [1.82, 2.24) is 0 Å². The average Bonchev–Trinajstić information content (AvgIpc) is 0.918. The summed E-state index contributed by atoms with van der Waals surface area (Å²) < 4.78 is 0. The van der Waals surface area contributed by atoms with Crippen LogP contribution in [0.5, 0.6) is 0 Å². The summed E-state index contributed by atoms with van der Waals surface area (Å²) in [5.41, 5.74) is 0. The summed E-state index contributed by atoms with van der Waals surface area (Å²) in [6, 6.07) is 0. The van der Waals surface area contributed by atoms with E-state index in [-0.39, 0.29) is 48.9 Å². The van der Waals surface area contributed by atoms with Crippen molar-refractivity contribution in [2.24, 2.45) is 0 Å². The second-order valence-electron chi connectivity index (χ2n) is 0.0745. The molecule has 0 unspecified atom stereocenters.